The first-order valence-electron chi connectivity index (χ1n) is 23.0. The SMILES string of the molecule is CCCCCCCCCCCC(NC(=O)CCCCCCC/C=C\CC(O)C(CCCCC)OC(=O)C[N+](C)(C)CCOC(C)=O)NC(=O)C[N+](C)(C)CCOC(C)=O.[Cl-].[Cl-]. The van der Waals surface area contributed by atoms with Crippen molar-refractivity contribution in [3.05, 3.63) is 12.2 Å². The summed E-state index contributed by atoms with van der Waals surface area (Å²) in [6, 6.07) is 0. The maximum atomic E-state index is 13.0. The molecular weight excluding hydrogens is 823 g/mol. The molecule has 15 heteroatoms. The van der Waals surface area contributed by atoms with Crippen molar-refractivity contribution >= 4 is 29.7 Å². The van der Waals surface area contributed by atoms with Crippen LogP contribution >= 0.6 is 0 Å². The Morgan fingerprint density at radius 2 is 1.05 bits per heavy atom. The molecule has 0 aliphatic heterocycles. The van der Waals surface area contributed by atoms with Crippen molar-refractivity contribution in [3.8, 4) is 0 Å². The monoisotopic (exact) mass is 911 g/mol. The van der Waals surface area contributed by atoms with Gasteiger partial charge in [0.15, 0.2) is 13.1 Å². The minimum atomic E-state index is -0.780. The second-order valence-corrected chi connectivity index (χ2v) is 17.7. The standard InChI is InChI=1S/C46H86N4O9.2ClH/c1-9-11-13-14-15-16-20-23-27-31-43(48-45(55)37-49(5,6)33-35-57-39(3)51)47-44(54)32-28-24-21-18-17-19-22-26-29-41(53)42(30-25-12-10-2)59-46(56)38-50(7,8)34-36-58-40(4)52;;/h22,26,41-43,53H,9-21,23-25,27-38H2,1-8H3;2*1H/b26-22-;;. The fourth-order valence-electron chi connectivity index (χ4n) is 6.83. The van der Waals surface area contributed by atoms with Crippen molar-refractivity contribution in [1.82, 2.24) is 10.6 Å². The number of rotatable bonds is 38. The Bertz CT molecular complexity index is 1190. The number of allylic oxidation sites excluding steroid dienone is 1. The molecule has 0 rings (SSSR count). The molecule has 0 aromatic rings. The van der Waals surface area contributed by atoms with Crippen molar-refractivity contribution in [2.45, 2.75) is 187 Å². The van der Waals surface area contributed by atoms with E-state index < -0.39 is 18.4 Å². The number of ether oxygens (including phenoxy) is 3. The second kappa shape index (κ2) is 39.2. The Balaban J connectivity index is -0.0000168. The van der Waals surface area contributed by atoms with E-state index in [1.54, 1.807) is 0 Å². The lowest BCUT2D eigenvalue weighted by Gasteiger charge is -2.30. The van der Waals surface area contributed by atoms with Gasteiger partial charge in [-0.05, 0) is 51.4 Å². The highest BCUT2D eigenvalue weighted by Gasteiger charge is 2.27. The normalized spacial score (nSPS) is 13.0. The maximum absolute atomic E-state index is 13.0. The number of aliphatic hydroxyl groups is 1. The largest absolute Gasteiger partial charge is 1.00 e. The molecule has 0 aromatic carbocycles. The van der Waals surface area contributed by atoms with Gasteiger partial charge in [-0.2, -0.15) is 0 Å². The summed E-state index contributed by atoms with van der Waals surface area (Å²) < 4.78 is 16.6. The molecule has 13 nitrogen and oxygen atoms in total. The van der Waals surface area contributed by atoms with E-state index in [0.29, 0.717) is 47.7 Å². The molecule has 61 heavy (non-hydrogen) atoms. The van der Waals surface area contributed by atoms with Crippen LogP contribution in [0.25, 0.3) is 0 Å². The number of nitrogens with one attached hydrogen (secondary N) is 2. The molecule has 0 aliphatic carbocycles. The third-order valence-corrected chi connectivity index (χ3v) is 10.5. The fraction of sp³-hybridized carbons (Fsp3) is 0.848. The number of carbonyl (C=O) groups excluding carboxylic acids is 5. The molecule has 3 N–H and O–H groups in total. The van der Waals surface area contributed by atoms with Crippen LogP contribution in [0.15, 0.2) is 12.2 Å². The van der Waals surface area contributed by atoms with Crippen molar-refractivity contribution in [3.63, 3.8) is 0 Å². The number of esters is 3. The Kier molecular flexibility index (Phi) is 40.3. The molecule has 0 fully saturated rings. The Labute approximate surface area is 383 Å². The number of hydrogen-bond donors (Lipinski definition) is 3. The van der Waals surface area contributed by atoms with Gasteiger partial charge in [0.25, 0.3) is 5.91 Å². The van der Waals surface area contributed by atoms with Crippen LogP contribution in [-0.4, -0.2) is 130 Å². The van der Waals surface area contributed by atoms with E-state index in [0.717, 1.165) is 77.0 Å². The summed E-state index contributed by atoms with van der Waals surface area (Å²) >= 11 is 0. The lowest BCUT2D eigenvalue weighted by atomic mass is 10.0. The van der Waals surface area contributed by atoms with Crippen LogP contribution < -0.4 is 35.4 Å². The van der Waals surface area contributed by atoms with E-state index in [-0.39, 0.29) is 80.8 Å². The summed E-state index contributed by atoms with van der Waals surface area (Å²) in [7, 11) is 7.61. The number of halogens is 2. The van der Waals surface area contributed by atoms with Crippen molar-refractivity contribution < 1.29 is 77.1 Å². The molecule has 0 aliphatic rings. The van der Waals surface area contributed by atoms with Crippen molar-refractivity contribution in [1.29, 1.82) is 0 Å². The van der Waals surface area contributed by atoms with E-state index >= 15 is 0 Å². The smallest absolute Gasteiger partial charge is 0.362 e. The van der Waals surface area contributed by atoms with Crippen molar-refractivity contribution in [2.75, 3.05) is 67.6 Å². The van der Waals surface area contributed by atoms with E-state index in [9.17, 15) is 29.1 Å². The number of amides is 2. The minimum Gasteiger partial charge on any atom is -1.00 e. The van der Waals surface area contributed by atoms with Crippen LogP contribution in [-0.2, 0) is 38.2 Å². The molecule has 3 atom stereocenters. The van der Waals surface area contributed by atoms with Crippen LogP contribution in [0.5, 0.6) is 0 Å². The maximum Gasteiger partial charge on any atom is 0.362 e. The van der Waals surface area contributed by atoms with E-state index in [4.69, 9.17) is 14.2 Å². The molecule has 0 spiro atoms. The predicted octanol–water partition coefficient (Wildman–Crippen LogP) is 1.28. The first kappa shape index (κ1) is 62.8. The molecule has 0 bridgehead atoms. The van der Waals surface area contributed by atoms with Gasteiger partial charge in [-0.15, -0.1) is 0 Å². The minimum absolute atomic E-state index is 0. The van der Waals surface area contributed by atoms with Gasteiger partial charge in [-0.25, -0.2) is 4.79 Å². The number of carbonyl (C=O) groups is 5. The number of hydrogen-bond acceptors (Lipinski definition) is 9. The Morgan fingerprint density at radius 3 is 1.61 bits per heavy atom. The number of unbranched alkanes of at least 4 members (excludes halogenated alkanes) is 15. The van der Waals surface area contributed by atoms with Crippen LogP contribution in [0.4, 0.5) is 0 Å². The van der Waals surface area contributed by atoms with Gasteiger partial charge < -0.3 is 63.7 Å². The second-order valence-electron chi connectivity index (χ2n) is 17.7. The van der Waals surface area contributed by atoms with Gasteiger partial charge in [0.1, 0.15) is 38.6 Å². The molecule has 0 heterocycles. The third-order valence-electron chi connectivity index (χ3n) is 10.5. The summed E-state index contributed by atoms with van der Waals surface area (Å²) in [5.74, 6) is -1.24. The molecule has 0 aromatic heterocycles. The predicted molar refractivity (Wildman–Crippen MR) is 235 cm³/mol. The van der Waals surface area contributed by atoms with Crippen LogP contribution in [0.3, 0.4) is 0 Å². The van der Waals surface area contributed by atoms with E-state index in [2.05, 4.69) is 30.6 Å². The average molecular weight is 912 g/mol. The molecule has 0 saturated carbocycles. The average Bonchev–Trinajstić information content (AvgIpc) is 3.13. The quantitative estimate of drug-likeness (QED) is 0.0208. The highest BCUT2D eigenvalue weighted by atomic mass is 35.5. The summed E-state index contributed by atoms with van der Waals surface area (Å²) in [6.45, 7) is 8.89. The molecule has 0 radical (unpaired) electrons. The highest BCUT2D eigenvalue weighted by Crippen LogP contribution is 2.16. The zero-order chi connectivity index (χ0) is 44.4. The molecular formula is C46H88Cl2N4O9. The number of nitrogens with zero attached hydrogens (tertiary/aromatic N) is 2. The Morgan fingerprint density at radius 1 is 0.590 bits per heavy atom. The van der Waals surface area contributed by atoms with Crippen LogP contribution in [0, 0.1) is 0 Å². The van der Waals surface area contributed by atoms with E-state index in [1.807, 2.05) is 34.3 Å². The lowest BCUT2D eigenvalue weighted by molar-refractivity contribution is -0.883. The number of likely N-dealkylation sites (N-methyl/N-ethyl adjacent to an activating group) is 2. The van der Waals surface area contributed by atoms with Gasteiger partial charge >= 0.3 is 17.9 Å². The van der Waals surface area contributed by atoms with Gasteiger partial charge in [0.05, 0.1) is 34.3 Å². The van der Waals surface area contributed by atoms with Gasteiger partial charge in [-0.1, -0.05) is 109 Å². The summed E-state index contributed by atoms with van der Waals surface area (Å²) in [4.78, 5) is 61.1. The first-order chi connectivity index (χ1) is 28.0. The first-order valence-corrected chi connectivity index (χ1v) is 23.0. The summed E-state index contributed by atoms with van der Waals surface area (Å²) in [5.41, 5.74) is 0. The number of quaternary nitrogens is 2. The molecule has 360 valence electrons. The summed E-state index contributed by atoms with van der Waals surface area (Å²) in [6.07, 6.45) is 23.9. The van der Waals surface area contributed by atoms with Gasteiger partial charge in [0, 0.05) is 20.3 Å². The Hall–Kier alpha value is -2.45. The zero-order valence-electron chi connectivity index (χ0n) is 39.5. The van der Waals surface area contributed by atoms with Crippen LogP contribution in [0.1, 0.15) is 169 Å². The topological polar surface area (TPSA) is 157 Å². The van der Waals surface area contributed by atoms with Crippen molar-refractivity contribution in [2.24, 2.45) is 0 Å². The molecule has 0 saturated heterocycles. The molecule has 3 unspecified atom stereocenters. The lowest BCUT2D eigenvalue weighted by Crippen LogP contribution is -3.00. The van der Waals surface area contributed by atoms with Gasteiger partial charge in [0.2, 0.25) is 5.91 Å². The molecule has 2 amide bonds. The summed E-state index contributed by atoms with van der Waals surface area (Å²) in [5, 5.41) is 17.1. The highest BCUT2D eigenvalue weighted by molar-refractivity contribution is 5.79. The van der Waals surface area contributed by atoms with Crippen LogP contribution in [0.2, 0.25) is 0 Å². The third kappa shape index (κ3) is 40.1. The fourth-order valence-corrected chi connectivity index (χ4v) is 6.83. The van der Waals surface area contributed by atoms with Gasteiger partial charge in [-0.3, -0.25) is 19.2 Å². The number of aliphatic hydroxyl groups excluding tert-OH is 1. The van der Waals surface area contributed by atoms with E-state index in [1.165, 1.54) is 52.4 Å². The zero-order valence-corrected chi connectivity index (χ0v) is 41.1.